The molecule has 0 aromatic heterocycles. The van der Waals surface area contributed by atoms with Crippen molar-refractivity contribution in [1.29, 1.82) is 0 Å². The first kappa shape index (κ1) is 25.2. The fourth-order valence-electron chi connectivity index (χ4n) is 1.58. The summed E-state index contributed by atoms with van der Waals surface area (Å²) in [5.41, 5.74) is -5.61. The fourth-order valence-corrected chi connectivity index (χ4v) is 2.69. The average molecular weight is 574 g/mol. The van der Waals surface area contributed by atoms with Gasteiger partial charge in [0.05, 0.1) is 23.2 Å². The minimum Gasteiger partial charge on any atom is -0.504 e. The molecule has 0 fully saturated rings. The van der Waals surface area contributed by atoms with Crippen LogP contribution >= 0.6 is 31.9 Å². The molecule has 14 heteroatoms. The molecule has 0 radical (unpaired) electrons. The third-order valence-electron chi connectivity index (χ3n) is 2.91. The highest BCUT2D eigenvalue weighted by Gasteiger charge is 2.49. The molecule has 162 valence electrons. The molecular formula is C15H11Br2F5O6S. The summed E-state index contributed by atoms with van der Waals surface area (Å²) >= 11 is 5.71. The van der Waals surface area contributed by atoms with Crippen molar-refractivity contribution in [3.63, 3.8) is 0 Å². The summed E-state index contributed by atoms with van der Waals surface area (Å²) in [7, 11) is -3.41. The molecule has 0 atom stereocenters. The van der Waals surface area contributed by atoms with Crippen LogP contribution in [0.1, 0.15) is 0 Å². The second-order valence-corrected chi connectivity index (χ2v) is 8.09. The van der Waals surface area contributed by atoms with E-state index >= 15 is 0 Å². The van der Waals surface area contributed by atoms with E-state index in [9.17, 15) is 30.4 Å². The number of aromatic hydroxyl groups is 1. The zero-order chi connectivity index (χ0) is 22.6. The molecule has 0 unspecified atom stereocenters. The van der Waals surface area contributed by atoms with Crippen molar-refractivity contribution < 1.29 is 49.1 Å². The van der Waals surface area contributed by atoms with Gasteiger partial charge in [0, 0.05) is 24.3 Å². The molecule has 1 N–H and O–H groups in total. The van der Waals surface area contributed by atoms with Gasteiger partial charge in [0.15, 0.2) is 23.0 Å². The smallest absolute Gasteiger partial charge is 0.504 e. The van der Waals surface area contributed by atoms with Crippen molar-refractivity contribution in [3.8, 4) is 23.0 Å². The van der Waals surface area contributed by atoms with Crippen molar-refractivity contribution in [2.75, 3.05) is 14.2 Å². The second-order valence-electron chi connectivity index (χ2n) is 4.84. The van der Waals surface area contributed by atoms with Crippen LogP contribution in [-0.2, 0) is 10.1 Å². The second kappa shape index (κ2) is 9.80. The third kappa shape index (κ3) is 6.60. The highest BCUT2D eigenvalue weighted by Crippen LogP contribution is 2.36. The lowest BCUT2D eigenvalue weighted by molar-refractivity contribution is -0.0500. The van der Waals surface area contributed by atoms with Crippen LogP contribution in [0, 0.1) is 11.6 Å². The number of benzene rings is 2. The Bertz CT molecular complexity index is 982. The van der Waals surface area contributed by atoms with Crippen molar-refractivity contribution in [2.24, 2.45) is 0 Å². The summed E-state index contributed by atoms with van der Waals surface area (Å²) in [6.45, 7) is 0. The fraction of sp³-hybridized carbons (Fsp3) is 0.200. The Hall–Kier alpha value is -1.80. The largest absolute Gasteiger partial charge is 0.534 e. The van der Waals surface area contributed by atoms with Gasteiger partial charge in [-0.25, -0.2) is 8.78 Å². The number of phenolic OH excluding ortho intramolecular Hbond substituents is 1. The molecular weight excluding hydrogens is 563 g/mol. The zero-order valence-corrected chi connectivity index (χ0v) is 18.3. The van der Waals surface area contributed by atoms with E-state index in [1.54, 1.807) is 0 Å². The Balaban J connectivity index is 0.000000326. The van der Waals surface area contributed by atoms with Crippen LogP contribution in [-0.4, -0.2) is 33.3 Å². The lowest BCUT2D eigenvalue weighted by Gasteiger charge is -2.12. The SMILES string of the molecule is COc1cc(Br)c(F)cc1O.COc1cc(Br)c(F)cc1OS(=O)(=O)C(F)(F)F. The lowest BCUT2D eigenvalue weighted by atomic mass is 10.3. The number of hydrogen-bond acceptors (Lipinski definition) is 6. The van der Waals surface area contributed by atoms with Gasteiger partial charge in [-0.1, -0.05) is 0 Å². The Morgan fingerprint density at radius 1 is 0.862 bits per heavy atom. The predicted octanol–water partition coefficient (Wildman–Crippen LogP) is 5.13. The maximum absolute atomic E-state index is 13.1. The number of ether oxygens (including phenoxy) is 2. The van der Waals surface area contributed by atoms with Crippen molar-refractivity contribution >= 4 is 42.0 Å². The first-order valence-electron chi connectivity index (χ1n) is 6.99. The molecule has 2 aromatic carbocycles. The standard InChI is InChI=1S/C8H5BrF4O4S.C7H6BrFO2/c1-16-6-2-4(9)5(10)3-7(6)17-18(14,15)8(11,12)13;1-11-7-2-4(8)5(9)3-6(7)10/h2-3H,1H3;2-3,10H,1H3. The van der Waals surface area contributed by atoms with E-state index in [-0.39, 0.29) is 26.2 Å². The molecule has 0 saturated carbocycles. The van der Waals surface area contributed by atoms with E-state index in [1.807, 2.05) is 0 Å². The highest BCUT2D eigenvalue weighted by atomic mass is 79.9. The molecule has 0 spiro atoms. The number of hydrogen-bond donors (Lipinski definition) is 1. The van der Waals surface area contributed by atoms with Crippen molar-refractivity contribution in [3.05, 3.63) is 44.8 Å². The first-order chi connectivity index (χ1) is 13.2. The van der Waals surface area contributed by atoms with Crippen molar-refractivity contribution in [2.45, 2.75) is 5.51 Å². The van der Waals surface area contributed by atoms with Gasteiger partial charge in [-0.15, -0.1) is 0 Å². The molecule has 2 rings (SSSR count). The zero-order valence-electron chi connectivity index (χ0n) is 14.4. The number of halogens is 7. The molecule has 0 aliphatic heterocycles. The molecule has 29 heavy (non-hydrogen) atoms. The topological polar surface area (TPSA) is 82.1 Å². The Labute approximate surface area is 178 Å². The average Bonchev–Trinajstić information content (AvgIpc) is 2.60. The van der Waals surface area contributed by atoms with Gasteiger partial charge < -0.3 is 18.8 Å². The minimum absolute atomic E-state index is 0.115. The van der Waals surface area contributed by atoms with Gasteiger partial charge >= 0.3 is 15.6 Å². The summed E-state index contributed by atoms with van der Waals surface area (Å²) in [5.74, 6) is -2.72. The van der Waals surface area contributed by atoms with Crippen LogP contribution in [0.3, 0.4) is 0 Å². The maximum Gasteiger partial charge on any atom is 0.534 e. The Kier molecular flexibility index (Phi) is 8.53. The minimum atomic E-state index is -5.87. The van der Waals surface area contributed by atoms with Crippen LogP contribution < -0.4 is 13.7 Å². The lowest BCUT2D eigenvalue weighted by Crippen LogP contribution is -2.28. The van der Waals surface area contributed by atoms with E-state index in [0.717, 1.165) is 19.2 Å². The van der Waals surface area contributed by atoms with Gasteiger partial charge in [0.25, 0.3) is 0 Å². The maximum atomic E-state index is 13.1. The predicted molar refractivity (Wildman–Crippen MR) is 98.6 cm³/mol. The van der Waals surface area contributed by atoms with Gasteiger partial charge in [0.2, 0.25) is 0 Å². The van der Waals surface area contributed by atoms with Crippen LogP contribution in [0.5, 0.6) is 23.0 Å². The normalized spacial score (nSPS) is 11.3. The summed E-state index contributed by atoms with van der Waals surface area (Å²) < 4.78 is 96.7. The number of alkyl halides is 3. The molecule has 2 aromatic rings. The number of rotatable bonds is 4. The Morgan fingerprint density at radius 2 is 1.31 bits per heavy atom. The van der Waals surface area contributed by atoms with Gasteiger partial charge in [-0.05, 0) is 31.9 Å². The monoisotopic (exact) mass is 572 g/mol. The molecule has 0 amide bonds. The molecule has 0 heterocycles. The number of methoxy groups -OCH3 is 2. The van der Waals surface area contributed by atoms with E-state index in [1.165, 1.54) is 13.2 Å². The molecule has 0 aliphatic rings. The molecule has 0 bridgehead atoms. The van der Waals surface area contributed by atoms with Gasteiger partial charge in [0.1, 0.15) is 11.6 Å². The molecule has 6 nitrogen and oxygen atoms in total. The van der Waals surface area contributed by atoms with Crippen LogP contribution in [0.4, 0.5) is 22.0 Å². The van der Waals surface area contributed by atoms with E-state index in [2.05, 4.69) is 40.8 Å². The number of phenols is 1. The molecule has 0 aliphatic carbocycles. The van der Waals surface area contributed by atoms with Crippen molar-refractivity contribution in [1.82, 2.24) is 0 Å². The highest BCUT2D eigenvalue weighted by molar-refractivity contribution is 9.10. The van der Waals surface area contributed by atoms with E-state index in [4.69, 9.17) is 9.84 Å². The Morgan fingerprint density at radius 3 is 1.76 bits per heavy atom. The van der Waals surface area contributed by atoms with Gasteiger partial charge in [-0.2, -0.15) is 21.6 Å². The third-order valence-corrected chi connectivity index (χ3v) is 5.09. The summed E-state index contributed by atoms with van der Waals surface area (Å²) in [6, 6.07) is 3.76. The summed E-state index contributed by atoms with van der Waals surface area (Å²) in [5, 5.41) is 9.03. The van der Waals surface area contributed by atoms with E-state index in [0.29, 0.717) is 6.07 Å². The van der Waals surface area contributed by atoms with Crippen LogP contribution in [0.2, 0.25) is 0 Å². The van der Waals surface area contributed by atoms with E-state index < -0.39 is 33.0 Å². The molecule has 0 saturated heterocycles. The first-order valence-corrected chi connectivity index (χ1v) is 9.98. The van der Waals surface area contributed by atoms with Crippen LogP contribution in [0.25, 0.3) is 0 Å². The summed E-state index contributed by atoms with van der Waals surface area (Å²) in [4.78, 5) is 0. The quantitative estimate of drug-likeness (QED) is 0.310. The van der Waals surface area contributed by atoms with Crippen LogP contribution in [0.15, 0.2) is 33.2 Å². The summed E-state index contributed by atoms with van der Waals surface area (Å²) in [6.07, 6.45) is 0. The van der Waals surface area contributed by atoms with Gasteiger partial charge in [-0.3, -0.25) is 0 Å².